The third-order valence-corrected chi connectivity index (χ3v) is 3.16. The first kappa shape index (κ1) is 14.4. The Morgan fingerprint density at radius 2 is 2.45 bits per heavy atom. The molecule has 0 radical (unpaired) electrons. The number of aliphatic hydroxyl groups excluding tert-OH is 1. The molecule has 9 heteroatoms. The standard InChI is InChI=1S/C11H16N4O5/c1-8-7-20-10(6-16)4-14(8)11(17)5-13-3-9(2-12-13)15(18)19/h2-3,8,10,16H,4-7H2,1H3. The molecule has 1 amide bonds. The van der Waals surface area contributed by atoms with E-state index in [0.717, 1.165) is 6.20 Å². The van der Waals surface area contributed by atoms with Crippen molar-refractivity contribution >= 4 is 11.6 Å². The van der Waals surface area contributed by atoms with E-state index in [0.29, 0.717) is 13.2 Å². The van der Waals surface area contributed by atoms with E-state index in [9.17, 15) is 14.9 Å². The number of ether oxygens (including phenoxy) is 1. The van der Waals surface area contributed by atoms with E-state index >= 15 is 0 Å². The number of aromatic nitrogens is 2. The van der Waals surface area contributed by atoms with Gasteiger partial charge >= 0.3 is 5.69 Å². The van der Waals surface area contributed by atoms with Crippen molar-refractivity contribution in [2.24, 2.45) is 0 Å². The van der Waals surface area contributed by atoms with Crippen LogP contribution in [0.15, 0.2) is 12.4 Å². The molecular weight excluding hydrogens is 268 g/mol. The third kappa shape index (κ3) is 3.11. The first-order valence-corrected chi connectivity index (χ1v) is 6.20. The number of hydrogen-bond donors (Lipinski definition) is 1. The van der Waals surface area contributed by atoms with Gasteiger partial charge in [-0.1, -0.05) is 0 Å². The molecule has 0 spiro atoms. The van der Waals surface area contributed by atoms with E-state index in [1.807, 2.05) is 6.92 Å². The van der Waals surface area contributed by atoms with Crippen LogP contribution in [0.25, 0.3) is 0 Å². The Bertz CT molecular complexity index is 503. The van der Waals surface area contributed by atoms with Gasteiger partial charge in [-0.05, 0) is 6.92 Å². The molecule has 1 aliphatic rings. The van der Waals surface area contributed by atoms with Crippen molar-refractivity contribution in [1.29, 1.82) is 0 Å². The van der Waals surface area contributed by atoms with E-state index in [2.05, 4.69) is 5.10 Å². The third-order valence-electron chi connectivity index (χ3n) is 3.16. The Labute approximate surface area is 114 Å². The molecule has 0 saturated carbocycles. The largest absolute Gasteiger partial charge is 0.394 e. The van der Waals surface area contributed by atoms with Crippen LogP contribution in [-0.4, -0.2) is 62.5 Å². The fraction of sp³-hybridized carbons (Fsp3) is 0.636. The number of nitro groups is 1. The van der Waals surface area contributed by atoms with Crippen molar-refractivity contribution in [3.63, 3.8) is 0 Å². The number of amides is 1. The molecular formula is C11H16N4O5. The summed E-state index contributed by atoms with van der Waals surface area (Å²) >= 11 is 0. The van der Waals surface area contributed by atoms with Crippen LogP contribution in [0.1, 0.15) is 6.92 Å². The molecule has 2 atom stereocenters. The van der Waals surface area contributed by atoms with Gasteiger partial charge in [0.15, 0.2) is 0 Å². The molecule has 9 nitrogen and oxygen atoms in total. The fourth-order valence-electron chi connectivity index (χ4n) is 2.04. The Kier molecular flexibility index (Phi) is 4.30. The Hall–Kier alpha value is -2.00. The molecule has 2 heterocycles. The van der Waals surface area contributed by atoms with Crippen molar-refractivity contribution in [2.75, 3.05) is 19.8 Å². The number of hydrogen-bond acceptors (Lipinski definition) is 6. The molecule has 110 valence electrons. The number of nitrogens with zero attached hydrogens (tertiary/aromatic N) is 4. The molecule has 1 saturated heterocycles. The summed E-state index contributed by atoms with van der Waals surface area (Å²) in [5.74, 6) is -0.211. The van der Waals surface area contributed by atoms with Crippen LogP contribution in [0.5, 0.6) is 0 Å². The molecule has 1 aliphatic heterocycles. The maximum Gasteiger partial charge on any atom is 0.307 e. The second-order valence-electron chi connectivity index (χ2n) is 4.69. The van der Waals surface area contributed by atoms with Gasteiger partial charge < -0.3 is 14.7 Å². The van der Waals surface area contributed by atoms with Gasteiger partial charge in [0.05, 0.1) is 30.3 Å². The van der Waals surface area contributed by atoms with Crippen LogP contribution < -0.4 is 0 Å². The summed E-state index contributed by atoms with van der Waals surface area (Å²) in [5.41, 5.74) is -0.152. The summed E-state index contributed by atoms with van der Waals surface area (Å²) in [5, 5.41) is 23.4. The van der Waals surface area contributed by atoms with Crippen molar-refractivity contribution < 1.29 is 19.6 Å². The summed E-state index contributed by atoms with van der Waals surface area (Å²) in [7, 11) is 0. The monoisotopic (exact) mass is 284 g/mol. The van der Waals surface area contributed by atoms with Gasteiger partial charge in [0.25, 0.3) is 0 Å². The minimum absolute atomic E-state index is 0.0731. The highest BCUT2D eigenvalue weighted by molar-refractivity contribution is 5.76. The molecule has 2 unspecified atom stereocenters. The van der Waals surface area contributed by atoms with Crippen molar-refractivity contribution in [2.45, 2.75) is 25.6 Å². The smallest absolute Gasteiger partial charge is 0.307 e. The van der Waals surface area contributed by atoms with Crippen LogP contribution >= 0.6 is 0 Å². The highest BCUT2D eigenvalue weighted by Crippen LogP contribution is 2.13. The van der Waals surface area contributed by atoms with Gasteiger partial charge in [0, 0.05) is 6.54 Å². The number of carbonyl (C=O) groups is 1. The molecule has 1 aromatic heterocycles. The second kappa shape index (κ2) is 5.97. The van der Waals surface area contributed by atoms with Gasteiger partial charge in [0.2, 0.25) is 5.91 Å². The highest BCUT2D eigenvalue weighted by atomic mass is 16.6. The van der Waals surface area contributed by atoms with Crippen molar-refractivity contribution in [3.05, 3.63) is 22.5 Å². The number of morpholine rings is 1. The van der Waals surface area contributed by atoms with Gasteiger partial charge in [-0.3, -0.25) is 19.6 Å². The lowest BCUT2D eigenvalue weighted by Gasteiger charge is -2.37. The lowest BCUT2D eigenvalue weighted by Crippen LogP contribution is -2.52. The first-order valence-electron chi connectivity index (χ1n) is 6.20. The number of aliphatic hydroxyl groups is 1. The van der Waals surface area contributed by atoms with Gasteiger partial charge in [-0.2, -0.15) is 5.10 Å². The molecule has 2 rings (SSSR count). The summed E-state index contributed by atoms with van der Waals surface area (Å²) in [6.45, 7) is 2.28. The maximum absolute atomic E-state index is 12.2. The van der Waals surface area contributed by atoms with Crippen molar-refractivity contribution in [1.82, 2.24) is 14.7 Å². The van der Waals surface area contributed by atoms with E-state index < -0.39 is 4.92 Å². The summed E-state index contributed by atoms with van der Waals surface area (Å²) in [4.78, 5) is 23.8. The van der Waals surface area contributed by atoms with E-state index in [-0.39, 0.29) is 36.9 Å². The number of rotatable bonds is 4. The normalized spacial score (nSPS) is 22.8. The average molecular weight is 284 g/mol. The summed E-state index contributed by atoms with van der Waals surface area (Å²) < 4.78 is 6.58. The van der Waals surface area contributed by atoms with Gasteiger partial charge in [-0.15, -0.1) is 0 Å². The predicted molar refractivity (Wildman–Crippen MR) is 66.9 cm³/mol. The molecule has 0 aromatic carbocycles. The van der Waals surface area contributed by atoms with Crippen molar-refractivity contribution in [3.8, 4) is 0 Å². The fourth-order valence-corrected chi connectivity index (χ4v) is 2.04. The predicted octanol–water partition coefficient (Wildman–Crippen LogP) is -0.601. The van der Waals surface area contributed by atoms with Gasteiger partial charge in [0.1, 0.15) is 18.9 Å². The van der Waals surface area contributed by atoms with Crippen LogP contribution in [0, 0.1) is 10.1 Å². The van der Waals surface area contributed by atoms with Crippen LogP contribution in [0.4, 0.5) is 5.69 Å². The number of carbonyl (C=O) groups excluding carboxylic acids is 1. The van der Waals surface area contributed by atoms with Crippen LogP contribution in [-0.2, 0) is 16.1 Å². The van der Waals surface area contributed by atoms with E-state index in [1.165, 1.54) is 10.9 Å². The molecule has 1 fully saturated rings. The second-order valence-corrected chi connectivity index (χ2v) is 4.69. The summed E-state index contributed by atoms with van der Waals surface area (Å²) in [6.07, 6.45) is 1.93. The maximum atomic E-state index is 12.2. The van der Waals surface area contributed by atoms with Gasteiger partial charge in [-0.25, -0.2) is 0 Å². The Morgan fingerprint density at radius 1 is 1.70 bits per heavy atom. The Balaban J connectivity index is 2.00. The lowest BCUT2D eigenvalue weighted by atomic mass is 10.2. The molecule has 0 bridgehead atoms. The zero-order chi connectivity index (χ0) is 14.7. The van der Waals surface area contributed by atoms with E-state index in [4.69, 9.17) is 9.84 Å². The minimum atomic E-state index is -0.562. The molecule has 1 aromatic rings. The van der Waals surface area contributed by atoms with Crippen LogP contribution in [0.2, 0.25) is 0 Å². The molecule has 0 aliphatic carbocycles. The first-order chi connectivity index (χ1) is 9.51. The topological polar surface area (TPSA) is 111 Å². The zero-order valence-corrected chi connectivity index (χ0v) is 11.0. The molecule has 1 N–H and O–H groups in total. The van der Waals surface area contributed by atoms with Crippen LogP contribution in [0.3, 0.4) is 0 Å². The molecule has 20 heavy (non-hydrogen) atoms. The highest BCUT2D eigenvalue weighted by Gasteiger charge is 2.29. The lowest BCUT2D eigenvalue weighted by molar-refractivity contribution is -0.385. The van der Waals surface area contributed by atoms with E-state index in [1.54, 1.807) is 4.90 Å². The Morgan fingerprint density at radius 3 is 3.05 bits per heavy atom. The zero-order valence-electron chi connectivity index (χ0n) is 11.0. The summed E-state index contributed by atoms with van der Waals surface area (Å²) in [6, 6.07) is -0.101. The average Bonchev–Trinajstić information content (AvgIpc) is 2.88. The SMILES string of the molecule is CC1COC(CO)CN1C(=O)Cn1cc([N+](=O)[O-])cn1. The minimum Gasteiger partial charge on any atom is -0.394 e. The quantitative estimate of drug-likeness (QED) is 0.584.